The number of aliphatic hydroxyl groups excluding tert-OH is 1. The van der Waals surface area contributed by atoms with Crippen LogP contribution in [-0.4, -0.2) is 32.7 Å². The maximum atomic E-state index is 9.27. The fourth-order valence-corrected chi connectivity index (χ4v) is 3.64. The molecule has 2 heterocycles. The van der Waals surface area contributed by atoms with Gasteiger partial charge in [0.1, 0.15) is 0 Å². The summed E-state index contributed by atoms with van der Waals surface area (Å²) in [7, 11) is 0. The van der Waals surface area contributed by atoms with E-state index >= 15 is 0 Å². The van der Waals surface area contributed by atoms with E-state index in [9.17, 15) is 5.11 Å². The summed E-state index contributed by atoms with van der Waals surface area (Å²) in [5, 5.41) is 13.2. The zero-order valence-corrected chi connectivity index (χ0v) is 15.4. The Kier molecular flexibility index (Phi) is 5.22. The van der Waals surface area contributed by atoms with E-state index in [0.717, 1.165) is 15.4 Å². The van der Waals surface area contributed by atoms with Crippen LogP contribution < -0.4 is 16.0 Å². The molecule has 3 aromatic rings. The van der Waals surface area contributed by atoms with Gasteiger partial charge in [-0.3, -0.25) is 5.32 Å². The molecule has 3 rings (SSSR count). The van der Waals surface area contributed by atoms with Crippen molar-refractivity contribution in [1.82, 2.24) is 15.0 Å². The van der Waals surface area contributed by atoms with Gasteiger partial charge in [0.2, 0.25) is 11.8 Å². The van der Waals surface area contributed by atoms with Crippen molar-refractivity contribution < 1.29 is 10.1 Å². The monoisotopic (exact) mass is 409 g/mol. The zero-order valence-electron chi connectivity index (χ0n) is 13.0. The lowest BCUT2D eigenvalue weighted by molar-refractivity contribution is -0.416. The summed E-state index contributed by atoms with van der Waals surface area (Å²) in [6.45, 7) is 1.90. The van der Waals surface area contributed by atoms with Crippen molar-refractivity contribution in [3.05, 3.63) is 34.3 Å². The number of fused-ring (bicyclic) bond motifs is 1. The third kappa shape index (κ3) is 3.80. The molecular formula is C15H18BrN6OS+. The summed E-state index contributed by atoms with van der Waals surface area (Å²) in [4.78, 5) is 14.9. The molecular weight excluding hydrogens is 392 g/mol. The molecule has 0 aliphatic heterocycles. The van der Waals surface area contributed by atoms with Crippen LogP contribution in [-0.2, 0) is 5.75 Å². The largest absolute Gasteiger partial charge is 0.393 e. The molecule has 0 spiro atoms. The molecule has 1 atom stereocenters. The van der Waals surface area contributed by atoms with Gasteiger partial charge < -0.3 is 15.8 Å². The van der Waals surface area contributed by atoms with Crippen molar-refractivity contribution in [2.75, 3.05) is 17.7 Å². The molecule has 0 saturated carbocycles. The van der Waals surface area contributed by atoms with E-state index in [2.05, 4.69) is 47.2 Å². The van der Waals surface area contributed by atoms with Gasteiger partial charge in [-0.2, -0.15) is 4.98 Å². The number of aromatic nitrogens is 4. The van der Waals surface area contributed by atoms with Crippen LogP contribution in [0, 0.1) is 0 Å². The molecule has 0 fully saturated rings. The van der Waals surface area contributed by atoms with Crippen LogP contribution in [0.5, 0.6) is 0 Å². The van der Waals surface area contributed by atoms with E-state index in [1.807, 2.05) is 25.1 Å². The topological polar surface area (TPSA) is 114 Å². The van der Waals surface area contributed by atoms with E-state index in [1.54, 1.807) is 11.8 Å². The molecule has 0 unspecified atom stereocenters. The Morgan fingerprint density at radius 2 is 2.21 bits per heavy atom. The van der Waals surface area contributed by atoms with E-state index in [4.69, 9.17) is 5.73 Å². The smallest absolute Gasteiger partial charge is 0.299 e. The quantitative estimate of drug-likeness (QED) is 0.366. The number of rotatable bonds is 6. The lowest BCUT2D eigenvalue weighted by atomic mass is 10.2. The highest BCUT2D eigenvalue weighted by Crippen LogP contribution is 2.26. The SMILES string of the molecule is C[C@H](CO)Nc1[nH+]c(SCc2ccccc2Br)nc2nc(N)[nH]c12. The Labute approximate surface area is 151 Å². The molecule has 2 aromatic heterocycles. The highest BCUT2D eigenvalue weighted by atomic mass is 79.9. The molecule has 0 amide bonds. The molecule has 0 aliphatic rings. The third-order valence-electron chi connectivity index (χ3n) is 3.38. The number of aromatic amines is 2. The molecule has 0 radical (unpaired) electrons. The predicted octanol–water partition coefficient (Wildman–Crippen LogP) is 2.20. The first-order chi connectivity index (χ1) is 11.6. The highest BCUT2D eigenvalue weighted by molar-refractivity contribution is 9.10. The summed E-state index contributed by atoms with van der Waals surface area (Å²) >= 11 is 5.12. The maximum Gasteiger partial charge on any atom is 0.299 e. The summed E-state index contributed by atoms with van der Waals surface area (Å²) in [6, 6.07) is 7.96. The zero-order chi connectivity index (χ0) is 17.1. The minimum absolute atomic E-state index is 0.0146. The van der Waals surface area contributed by atoms with Crippen molar-refractivity contribution >= 4 is 50.6 Å². The van der Waals surface area contributed by atoms with E-state index < -0.39 is 0 Å². The van der Waals surface area contributed by atoms with Crippen molar-refractivity contribution in [3.8, 4) is 0 Å². The number of hydrogen-bond acceptors (Lipinski definition) is 6. The number of nitrogens with zero attached hydrogens (tertiary/aromatic N) is 2. The van der Waals surface area contributed by atoms with E-state index in [-0.39, 0.29) is 12.6 Å². The van der Waals surface area contributed by atoms with E-state index in [1.165, 1.54) is 5.56 Å². The summed E-state index contributed by atoms with van der Waals surface area (Å²) < 4.78 is 1.06. The molecule has 0 aliphatic carbocycles. The van der Waals surface area contributed by atoms with Crippen LogP contribution in [0.15, 0.2) is 33.9 Å². The Balaban J connectivity index is 1.89. The van der Waals surface area contributed by atoms with Crippen molar-refractivity contribution in [2.24, 2.45) is 0 Å². The van der Waals surface area contributed by atoms with Crippen LogP contribution in [0.4, 0.5) is 11.8 Å². The number of nitrogens with one attached hydrogen (secondary N) is 3. The summed E-state index contributed by atoms with van der Waals surface area (Å²) in [5.41, 5.74) is 8.15. The van der Waals surface area contributed by atoms with Gasteiger partial charge >= 0.3 is 0 Å². The molecule has 9 heteroatoms. The van der Waals surface area contributed by atoms with Crippen LogP contribution >= 0.6 is 27.7 Å². The van der Waals surface area contributed by atoms with Gasteiger partial charge in [-0.1, -0.05) is 39.1 Å². The van der Waals surface area contributed by atoms with Gasteiger partial charge in [-0.15, -0.1) is 0 Å². The predicted molar refractivity (Wildman–Crippen MR) is 98.7 cm³/mol. The molecule has 0 saturated heterocycles. The number of nitrogens with two attached hydrogens (primary N) is 1. The Hall–Kier alpha value is -1.84. The van der Waals surface area contributed by atoms with Gasteiger partial charge in [0.15, 0.2) is 5.52 Å². The van der Waals surface area contributed by atoms with E-state index in [0.29, 0.717) is 22.9 Å². The fourth-order valence-electron chi connectivity index (χ4n) is 2.16. The van der Waals surface area contributed by atoms with Gasteiger partial charge in [0, 0.05) is 10.2 Å². The van der Waals surface area contributed by atoms with Crippen molar-refractivity contribution in [3.63, 3.8) is 0 Å². The first-order valence-corrected chi connectivity index (χ1v) is 9.16. The number of benzene rings is 1. The third-order valence-corrected chi connectivity index (χ3v) is 5.07. The minimum Gasteiger partial charge on any atom is -0.393 e. The lowest BCUT2D eigenvalue weighted by Crippen LogP contribution is -2.26. The first-order valence-electron chi connectivity index (χ1n) is 7.39. The van der Waals surface area contributed by atoms with Gasteiger partial charge in [-0.05, 0) is 30.3 Å². The average Bonchev–Trinajstić information content (AvgIpc) is 2.94. The van der Waals surface area contributed by atoms with Gasteiger partial charge in [0.05, 0.1) is 12.6 Å². The number of nitrogen functional groups attached to an aromatic ring is 1. The number of thioether (sulfide) groups is 1. The maximum absolute atomic E-state index is 9.27. The van der Waals surface area contributed by atoms with Gasteiger partial charge in [0.25, 0.3) is 10.8 Å². The minimum atomic E-state index is -0.113. The number of imidazole rings is 1. The van der Waals surface area contributed by atoms with Crippen LogP contribution in [0.3, 0.4) is 0 Å². The number of halogens is 1. The fraction of sp³-hybridized carbons (Fsp3) is 0.267. The Morgan fingerprint density at radius 3 is 2.96 bits per heavy atom. The standard InChI is InChI=1S/C15H17BrN6OS/c1-8(6-23)18-12-11-13(20-14(17)19-11)22-15(21-12)24-7-9-4-2-3-5-10(9)16/h2-5,8,23H,6-7H2,1H3,(H4,17,18,19,20,21,22)/p+1/t8-/m1/s1. The average molecular weight is 410 g/mol. The molecule has 6 N–H and O–H groups in total. The molecule has 24 heavy (non-hydrogen) atoms. The highest BCUT2D eigenvalue weighted by Gasteiger charge is 2.19. The normalized spacial score (nSPS) is 12.5. The van der Waals surface area contributed by atoms with Crippen LogP contribution in [0.2, 0.25) is 0 Å². The Morgan fingerprint density at radius 1 is 1.42 bits per heavy atom. The number of hydrogen-bond donors (Lipinski definition) is 4. The Bertz CT molecular complexity index is 855. The molecule has 126 valence electrons. The number of anilines is 2. The second kappa shape index (κ2) is 7.37. The lowest BCUT2D eigenvalue weighted by Gasteiger charge is -2.08. The molecule has 1 aromatic carbocycles. The summed E-state index contributed by atoms with van der Waals surface area (Å²) in [5.74, 6) is 1.77. The van der Waals surface area contributed by atoms with Crippen molar-refractivity contribution in [2.45, 2.75) is 23.9 Å². The number of aliphatic hydroxyl groups is 1. The molecule has 7 nitrogen and oxygen atoms in total. The van der Waals surface area contributed by atoms with Crippen LogP contribution in [0.1, 0.15) is 12.5 Å². The van der Waals surface area contributed by atoms with Gasteiger partial charge in [-0.25, -0.2) is 4.98 Å². The summed E-state index contributed by atoms with van der Waals surface area (Å²) in [6.07, 6.45) is 0. The molecule has 0 bridgehead atoms. The van der Waals surface area contributed by atoms with Crippen molar-refractivity contribution in [1.29, 1.82) is 0 Å². The second-order valence-electron chi connectivity index (χ2n) is 5.35. The number of H-pyrrole nitrogens is 2. The first kappa shape index (κ1) is 17.0. The second-order valence-corrected chi connectivity index (χ2v) is 7.16. The van der Waals surface area contributed by atoms with Crippen LogP contribution in [0.25, 0.3) is 11.2 Å².